The first-order valence-corrected chi connectivity index (χ1v) is 7.36. The Bertz CT molecular complexity index is 523. The fourth-order valence-electron chi connectivity index (χ4n) is 2.64. The van der Waals surface area contributed by atoms with Crippen LogP contribution in [-0.2, 0) is 4.79 Å². The highest BCUT2D eigenvalue weighted by Crippen LogP contribution is 2.28. The van der Waals surface area contributed by atoms with Crippen LogP contribution in [0.15, 0.2) is 30.3 Å². The molecule has 1 aromatic carbocycles. The van der Waals surface area contributed by atoms with Gasteiger partial charge in [-0.25, -0.2) is 0 Å². The van der Waals surface area contributed by atoms with Gasteiger partial charge in [0, 0.05) is 25.3 Å². The summed E-state index contributed by atoms with van der Waals surface area (Å²) in [4.78, 5) is 13.5. The molecule has 112 valence electrons. The smallest absolute Gasteiger partial charge is 0.295 e. The molecule has 0 aliphatic carbocycles. The molecule has 21 heavy (non-hydrogen) atoms. The lowest BCUT2D eigenvalue weighted by Gasteiger charge is -2.39. The normalized spacial score (nSPS) is 16.8. The van der Waals surface area contributed by atoms with Crippen molar-refractivity contribution in [1.29, 1.82) is 0 Å². The van der Waals surface area contributed by atoms with Crippen molar-refractivity contribution in [2.45, 2.75) is 31.8 Å². The molecule has 0 bridgehead atoms. The number of anilines is 1. The SMILES string of the molecule is CC#CC(=O)NCCC1(O)CCN(c2ccccc2)CC1. The summed E-state index contributed by atoms with van der Waals surface area (Å²) in [6.45, 7) is 3.77. The number of hydrogen-bond donors (Lipinski definition) is 2. The second-order valence-electron chi connectivity index (χ2n) is 5.43. The maximum atomic E-state index is 11.3. The average Bonchev–Trinajstić information content (AvgIpc) is 2.49. The minimum absolute atomic E-state index is 0.275. The zero-order valence-corrected chi connectivity index (χ0v) is 12.4. The van der Waals surface area contributed by atoms with E-state index in [2.05, 4.69) is 34.2 Å². The van der Waals surface area contributed by atoms with E-state index in [0.29, 0.717) is 13.0 Å². The van der Waals surface area contributed by atoms with Crippen LogP contribution in [0.5, 0.6) is 0 Å². The number of nitrogens with zero attached hydrogens (tertiary/aromatic N) is 1. The van der Waals surface area contributed by atoms with Crippen LogP contribution in [0.25, 0.3) is 0 Å². The van der Waals surface area contributed by atoms with Crippen molar-refractivity contribution in [3.63, 3.8) is 0 Å². The van der Waals surface area contributed by atoms with Crippen molar-refractivity contribution in [3.8, 4) is 11.8 Å². The Morgan fingerprint density at radius 1 is 1.33 bits per heavy atom. The molecule has 1 aliphatic heterocycles. The predicted molar refractivity (Wildman–Crippen MR) is 83.9 cm³/mol. The molecule has 1 heterocycles. The van der Waals surface area contributed by atoms with Gasteiger partial charge in [-0.15, -0.1) is 0 Å². The standard InChI is InChI=1S/C17H22N2O2/c1-2-6-16(20)18-12-9-17(21)10-13-19(14-11-17)15-7-4-3-5-8-15/h3-5,7-8,21H,9-14H2,1H3,(H,18,20). The lowest BCUT2D eigenvalue weighted by atomic mass is 9.88. The summed E-state index contributed by atoms with van der Waals surface area (Å²) < 4.78 is 0. The molecule has 1 fully saturated rings. The fourth-order valence-corrected chi connectivity index (χ4v) is 2.64. The lowest BCUT2D eigenvalue weighted by molar-refractivity contribution is -0.115. The van der Waals surface area contributed by atoms with Crippen LogP contribution in [-0.4, -0.2) is 36.2 Å². The van der Waals surface area contributed by atoms with Crippen molar-refractivity contribution in [2.24, 2.45) is 0 Å². The van der Waals surface area contributed by atoms with Gasteiger partial charge in [0.25, 0.3) is 5.91 Å². The first-order chi connectivity index (χ1) is 10.1. The highest BCUT2D eigenvalue weighted by molar-refractivity contribution is 5.93. The summed E-state index contributed by atoms with van der Waals surface area (Å²) in [6.07, 6.45) is 2.02. The van der Waals surface area contributed by atoms with Crippen molar-refractivity contribution in [1.82, 2.24) is 5.32 Å². The maximum Gasteiger partial charge on any atom is 0.295 e. The third-order valence-corrected chi connectivity index (χ3v) is 3.93. The molecule has 2 N–H and O–H groups in total. The van der Waals surface area contributed by atoms with Crippen LogP contribution >= 0.6 is 0 Å². The van der Waals surface area contributed by atoms with Crippen LogP contribution < -0.4 is 10.2 Å². The van der Waals surface area contributed by atoms with Crippen LogP contribution in [0.4, 0.5) is 5.69 Å². The van der Waals surface area contributed by atoms with Crippen molar-refractivity contribution in [2.75, 3.05) is 24.5 Å². The number of aliphatic hydroxyl groups is 1. The molecule has 4 heteroatoms. The van der Waals surface area contributed by atoms with Gasteiger partial charge >= 0.3 is 0 Å². The van der Waals surface area contributed by atoms with Crippen molar-refractivity contribution in [3.05, 3.63) is 30.3 Å². The topological polar surface area (TPSA) is 52.6 Å². The summed E-state index contributed by atoms with van der Waals surface area (Å²) in [5.74, 6) is 4.72. The molecule has 1 aromatic rings. The highest BCUT2D eigenvalue weighted by atomic mass is 16.3. The number of amides is 1. The maximum absolute atomic E-state index is 11.3. The van der Waals surface area contributed by atoms with Gasteiger partial charge in [-0.2, -0.15) is 0 Å². The van der Waals surface area contributed by atoms with Crippen LogP contribution in [0, 0.1) is 11.8 Å². The first kappa shape index (κ1) is 15.4. The van der Waals surface area contributed by atoms with Gasteiger partial charge in [-0.1, -0.05) is 24.1 Å². The largest absolute Gasteiger partial charge is 0.390 e. The summed E-state index contributed by atoms with van der Waals surface area (Å²) in [5, 5.41) is 13.3. The van der Waals surface area contributed by atoms with Crippen LogP contribution in [0.2, 0.25) is 0 Å². The zero-order valence-electron chi connectivity index (χ0n) is 12.4. The van der Waals surface area contributed by atoms with Gasteiger partial charge in [-0.05, 0) is 44.2 Å². The molecule has 1 saturated heterocycles. The number of rotatable bonds is 4. The molecule has 0 unspecified atom stereocenters. The van der Waals surface area contributed by atoms with Crippen molar-refractivity contribution < 1.29 is 9.90 Å². The average molecular weight is 286 g/mol. The minimum atomic E-state index is -0.682. The van der Waals surface area contributed by atoms with E-state index in [1.54, 1.807) is 6.92 Å². The molecule has 0 aromatic heterocycles. The van der Waals surface area contributed by atoms with E-state index >= 15 is 0 Å². The quantitative estimate of drug-likeness (QED) is 0.826. The van der Waals surface area contributed by atoms with E-state index in [1.807, 2.05) is 18.2 Å². The Kier molecular flexibility index (Phi) is 5.24. The molecule has 0 radical (unpaired) electrons. The molecule has 4 nitrogen and oxygen atoms in total. The van der Waals surface area contributed by atoms with Gasteiger partial charge in [-0.3, -0.25) is 4.79 Å². The van der Waals surface area contributed by atoms with E-state index in [-0.39, 0.29) is 5.91 Å². The Balaban J connectivity index is 1.79. The Labute approximate surface area is 126 Å². The predicted octanol–water partition coefficient (Wildman–Crippen LogP) is 1.55. The highest BCUT2D eigenvalue weighted by Gasteiger charge is 2.31. The van der Waals surface area contributed by atoms with Gasteiger partial charge in [0.1, 0.15) is 0 Å². The molecule has 0 atom stereocenters. The Morgan fingerprint density at radius 3 is 2.62 bits per heavy atom. The van der Waals surface area contributed by atoms with Gasteiger partial charge in [0.15, 0.2) is 0 Å². The summed E-state index contributed by atoms with van der Waals surface area (Å²) in [6, 6.07) is 10.2. The summed E-state index contributed by atoms with van der Waals surface area (Å²) >= 11 is 0. The summed E-state index contributed by atoms with van der Waals surface area (Å²) in [7, 11) is 0. The molecular formula is C17H22N2O2. The minimum Gasteiger partial charge on any atom is -0.390 e. The van der Waals surface area contributed by atoms with Gasteiger partial charge in [0.2, 0.25) is 0 Å². The van der Waals surface area contributed by atoms with Gasteiger partial charge in [0.05, 0.1) is 5.60 Å². The lowest BCUT2D eigenvalue weighted by Crippen LogP contribution is -2.46. The van der Waals surface area contributed by atoms with E-state index in [4.69, 9.17) is 0 Å². The number of piperidine rings is 1. The third-order valence-electron chi connectivity index (χ3n) is 3.93. The van der Waals surface area contributed by atoms with E-state index < -0.39 is 5.60 Å². The molecule has 1 amide bonds. The fraction of sp³-hybridized carbons (Fsp3) is 0.471. The first-order valence-electron chi connectivity index (χ1n) is 7.36. The van der Waals surface area contributed by atoms with Crippen molar-refractivity contribution >= 4 is 11.6 Å². The third kappa shape index (κ3) is 4.51. The molecule has 2 rings (SSSR count). The van der Waals surface area contributed by atoms with E-state index in [0.717, 1.165) is 25.9 Å². The number of nitrogens with one attached hydrogen (secondary N) is 1. The molecule has 0 saturated carbocycles. The number of para-hydroxylation sites is 1. The second-order valence-corrected chi connectivity index (χ2v) is 5.43. The number of hydrogen-bond acceptors (Lipinski definition) is 3. The molecule has 0 spiro atoms. The second kappa shape index (κ2) is 7.14. The zero-order chi connectivity index (χ0) is 15.1. The molecule has 1 aliphatic rings. The van der Waals surface area contributed by atoms with E-state index in [1.165, 1.54) is 5.69 Å². The number of carbonyl (C=O) groups excluding carboxylic acids is 1. The number of benzene rings is 1. The Morgan fingerprint density at radius 2 is 2.00 bits per heavy atom. The van der Waals surface area contributed by atoms with Crippen LogP contribution in [0.1, 0.15) is 26.2 Å². The summed E-state index contributed by atoms with van der Waals surface area (Å²) in [5.41, 5.74) is 0.518. The Hall–Kier alpha value is -1.99. The molecular weight excluding hydrogens is 264 g/mol. The van der Waals surface area contributed by atoms with E-state index in [9.17, 15) is 9.90 Å². The van der Waals surface area contributed by atoms with Crippen LogP contribution in [0.3, 0.4) is 0 Å². The monoisotopic (exact) mass is 286 g/mol. The van der Waals surface area contributed by atoms with Gasteiger partial charge < -0.3 is 15.3 Å². The number of carbonyl (C=O) groups is 1.